The van der Waals surface area contributed by atoms with Gasteiger partial charge in [-0.25, -0.2) is 0 Å². The van der Waals surface area contributed by atoms with Crippen molar-refractivity contribution in [2.24, 2.45) is 0 Å². The van der Waals surface area contributed by atoms with Gasteiger partial charge in [0, 0.05) is 10.7 Å². The van der Waals surface area contributed by atoms with E-state index in [9.17, 15) is 0 Å². The largest absolute Gasteiger partial charge is 0.258 e. The smallest absolute Gasteiger partial charge is 0.110 e. The number of fused-ring (bicyclic) bond motifs is 1. The summed E-state index contributed by atoms with van der Waals surface area (Å²) in [6, 6.07) is 21.5. The van der Waals surface area contributed by atoms with Gasteiger partial charge in [0.2, 0.25) is 0 Å². The van der Waals surface area contributed by atoms with E-state index in [0.717, 1.165) is 5.52 Å². The molecule has 1 heterocycles. The highest BCUT2D eigenvalue weighted by Gasteiger charge is 2.38. The van der Waals surface area contributed by atoms with Crippen LogP contribution in [0.3, 0.4) is 0 Å². The molecule has 23 heavy (non-hydrogen) atoms. The number of para-hydroxylation sites is 1. The molecule has 2 heteroatoms. The van der Waals surface area contributed by atoms with Crippen LogP contribution in [0.1, 0.15) is 20.8 Å². The molecular weight excluding hydrogens is 294 g/mol. The van der Waals surface area contributed by atoms with Crippen molar-refractivity contribution in [2.75, 3.05) is 0 Å². The molecule has 1 aromatic heterocycles. The van der Waals surface area contributed by atoms with Gasteiger partial charge >= 0.3 is 0 Å². The predicted octanol–water partition coefficient (Wildman–Crippen LogP) is 5.62. The van der Waals surface area contributed by atoms with Crippen molar-refractivity contribution >= 4 is 24.3 Å². The Labute approximate surface area is 140 Å². The SMILES string of the molecule is CC(C)(C)[Si](C)(C)c1cc(-c2ccccc2)c2ccccc2n1. The van der Waals surface area contributed by atoms with Crippen LogP contribution in [0.4, 0.5) is 0 Å². The van der Waals surface area contributed by atoms with E-state index in [-0.39, 0.29) is 5.04 Å². The van der Waals surface area contributed by atoms with Crippen molar-refractivity contribution in [2.45, 2.75) is 38.9 Å². The summed E-state index contributed by atoms with van der Waals surface area (Å²) in [7, 11) is -1.67. The maximum atomic E-state index is 5.06. The molecule has 0 fully saturated rings. The molecule has 0 spiro atoms. The number of rotatable bonds is 2. The van der Waals surface area contributed by atoms with Gasteiger partial charge in [-0.1, -0.05) is 82.4 Å². The monoisotopic (exact) mass is 319 g/mol. The molecule has 0 radical (unpaired) electrons. The quantitative estimate of drug-likeness (QED) is 0.559. The Kier molecular flexibility index (Phi) is 3.89. The van der Waals surface area contributed by atoms with Gasteiger partial charge in [0.05, 0.1) is 5.52 Å². The Morgan fingerprint density at radius 1 is 0.826 bits per heavy atom. The Morgan fingerprint density at radius 3 is 2.09 bits per heavy atom. The predicted molar refractivity (Wildman–Crippen MR) is 104 cm³/mol. The minimum absolute atomic E-state index is 0.274. The van der Waals surface area contributed by atoms with Crippen molar-refractivity contribution in [1.29, 1.82) is 0 Å². The van der Waals surface area contributed by atoms with Gasteiger partial charge in [-0.05, 0) is 28.3 Å². The lowest BCUT2D eigenvalue weighted by molar-refractivity contribution is 0.728. The number of benzene rings is 2. The highest BCUT2D eigenvalue weighted by atomic mass is 28.3. The molecule has 0 aliphatic heterocycles. The summed E-state index contributed by atoms with van der Waals surface area (Å²) < 4.78 is 0. The molecule has 3 aromatic rings. The van der Waals surface area contributed by atoms with Crippen LogP contribution in [-0.4, -0.2) is 13.1 Å². The molecule has 0 N–H and O–H groups in total. The topological polar surface area (TPSA) is 12.9 Å². The van der Waals surface area contributed by atoms with Crippen LogP contribution >= 0.6 is 0 Å². The maximum absolute atomic E-state index is 5.06. The average Bonchev–Trinajstić information content (AvgIpc) is 2.53. The third-order valence-electron chi connectivity index (χ3n) is 5.32. The average molecular weight is 320 g/mol. The number of nitrogens with zero attached hydrogens (tertiary/aromatic N) is 1. The molecule has 0 unspecified atom stereocenters. The first-order valence-corrected chi connectivity index (χ1v) is 11.3. The summed E-state index contributed by atoms with van der Waals surface area (Å²) in [4.78, 5) is 5.06. The maximum Gasteiger partial charge on any atom is 0.110 e. The zero-order valence-corrected chi connectivity index (χ0v) is 15.7. The first-order chi connectivity index (χ1) is 10.8. The minimum atomic E-state index is -1.67. The van der Waals surface area contributed by atoms with Gasteiger partial charge in [-0.3, -0.25) is 4.98 Å². The van der Waals surface area contributed by atoms with Gasteiger partial charge in [-0.15, -0.1) is 0 Å². The van der Waals surface area contributed by atoms with Crippen molar-refractivity contribution < 1.29 is 0 Å². The normalized spacial score (nSPS) is 12.6. The highest BCUT2D eigenvalue weighted by Crippen LogP contribution is 2.36. The third-order valence-corrected chi connectivity index (χ3v) is 10.6. The summed E-state index contributed by atoms with van der Waals surface area (Å²) in [5, 5.41) is 2.81. The third kappa shape index (κ3) is 2.84. The second kappa shape index (κ2) is 5.61. The zero-order chi connectivity index (χ0) is 16.7. The lowest BCUT2D eigenvalue weighted by Gasteiger charge is -2.36. The van der Waals surface area contributed by atoms with E-state index < -0.39 is 8.07 Å². The Hall–Kier alpha value is -1.93. The van der Waals surface area contributed by atoms with Crippen molar-refractivity contribution in [1.82, 2.24) is 4.98 Å². The molecule has 0 amide bonds. The molecule has 0 saturated carbocycles. The summed E-state index contributed by atoms with van der Waals surface area (Å²) in [5.41, 5.74) is 3.68. The number of hydrogen-bond donors (Lipinski definition) is 0. The Bertz CT molecular complexity index is 829. The summed E-state index contributed by atoms with van der Waals surface area (Å²) in [6.07, 6.45) is 0. The van der Waals surface area contributed by atoms with Gasteiger partial charge in [0.15, 0.2) is 0 Å². The summed E-state index contributed by atoms with van der Waals surface area (Å²) in [6.45, 7) is 11.9. The van der Waals surface area contributed by atoms with Crippen LogP contribution in [0.25, 0.3) is 22.0 Å². The molecule has 0 bridgehead atoms. The molecule has 1 nitrogen and oxygen atoms in total. The highest BCUT2D eigenvalue weighted by molar-refractivity contribution is 6.91. The second-order valence-electron chi connectivity index (χ2n) is 7.81. The fraction of sp³-hybridized carbons (Fsp3) is 0.286. The van der Waals surface area contributed by atoms with E-state index >= 15 is 0 Å². The van der Waals surface area contributed by atoms with Crippen molar-refractivity contribution in [3.8, 4) is 11.1 Å². The van der Waals surface area contributed by atoms with Crippen molar-refractivity contribution in [3.63, 3.8) is 0 Å². The van der Waals surface area contributed by atoms with E-state index in [1.807, 2.05) is 0 Å². The van der Waals surface area contributed by atoms with Crippen LogP contribution in [0, 0.1) is 0 Å². The first-order valence-electron chi connectivity index (χ1n) is 8.26. The molecule has 0 atom stereocenters. The van der Waals surface area contributed by atoms with Gasteiger partial charge < -0.3 is 0 Å². The van der Waals surface area contributed by atoms with E-state index in [2.05, 4.69) is 94.5 Å². The molecule has 3 rings (SSSR count). The van der Waals surface area contributed by atoms with E-state index in [1.54, 1.807) is 0 Å². The minimum Gasteiger partial charge on any atom is -0.258 e. The van der Waals surface area contributed by atoms with Gasteiger partial charge in [0.1, 0.15) is 8.07 Å². The van der Waals surface area contributed by atoms with Crippen LogP contribution < -0.4 is 5.32 Å². The van der Waals surface area contributed by atoms with E-state index in [4.69, 9.17) is 4.98 Å². The molecule has 0 saturated heterocycles. The van der Waals surface area contributed by atoms with Gasteiger partial charge in [0.25, 0.3) is 0 Å². The molecule has 118 valence electrons. The van der Waals surface area contributed by atoms with Gasteiger partial charge in [-0.2, -0.15) is 0 Å². The number of aromatic nitrogens is 1. The molecule has 0 aliphatic carbocycles. The first kappa shape index (κ1) is 15.9. The molecule has 0 aliphatic rings. The standard InChI is InChI=1S/C21H25NSi/c1-21(2,3)23(4,5)20-15-18(16-11-7-6-8-12-16)17-13-9-10-14-19(17)22-20/h6-15H,1-5H3. The fourth-order valence-corrected chi connectivity index (χ4v) is 4.41. The van der Waals surface area contributed by atoms with Crippen molar-refractivity contribution in [3.05, 3.63) is 60.7 Å². The summed E-state index contributed by atoms with van der Waals surface area (Å²) >= 11 is 0. The molecular formula is C21H25NSi. The Balaban J connectivity index is 2.31. The summed E-state index contributed by atoms with van der Waals surface area (Å²) in [5.74, 6) is 0. The van der Waals surface area contributed by atoms with Crippen LogP contribution in [0.15, 0.2) is 60.7 Å². The number of pyridine rings is 1. The van der Waals surface area contributed by atoms with Crippen LogP contribution in [-0.2, 0) is 0 Å². The fourth-order valence-electron chi connectivity index (χ4n) is 2.74. The van der Waals surface area contributed by atoms with E-state index in [1.165, 1.54) is 21.8 Å². The van der Waals surface area contributed by atoms with Crippen LogP contribution in [0.2, 0.25) is 18.1 Å². The lowest BCUT2D eigenvalue weighted by atomic mass is 10.0. The lowest BCUT2D eigenvalue weighted by Crippen LogP contribution is -2.51. The van der Waals surface area contributed by atoms with Crippen LogP contribution in [0.5, 0.6) is 0 Å². The number of hydrogen-bond acceptors (Lipinski definition) is 1. The Morgan fingerprint density at radius 2 is 1.43 bits per heavy atom. The second-order valence-corrected chi connectivity index (χ2v) is 13.1. The molecule has 2 aromatic carbocycles. The zero-order valence-electron chi connectivity index (χ0n) is 14.7. The van der Waals surface area contributed by atoms with E-state index in [0.29, 0.717) is 0 Å².